The predicted octanol–water partition coefficient (Wildman–Crippen LogP) is 6.12. The summed E-state index contributed by atoms with van der Waals surface area (Å²) in [6.07, 6.45) is 0.825. The molecule has 1 aromatic heterocycles. The standard InChI is InChI=1S/C30H28N2O6S/c1-4-14-38-21-11-7-9-19(16-21)27(33)25-26(18-8-6-10-20(15-18)36-3)32(29(35)28(25)34)30-31-23-13-12-22(37-5-2)17-24(23)39-30/h6-13,15-17,26,33H,4-5,14H2,1-3H3/b27-25+. The zero-order chi connectivity index (χ0) is 27.5. The summed E-state index contributed by atoms with van der Waals surface area (Å²) in [5.41, 5.74) is 1.61. The van der Waals surface area contributed by atoms with Crippen molar-refractivity contribution in [1.29, 1.82) is 0 Å². The van der Waals surface area contributed by atoms with Crippen LogP contribution < -0.4 is 19.1 Å². The molecule has 9 heteroatoms. The van der Waals surface area contributed by atoms with Crippen LogP contribution in [-0.2, 0) is 9.59 Å². The van der Waals surface area contributed by atoms with E-state index in [2.05, 4.69) is 4.98 Å². The van der Waals surface area contributed by atoms with Gasteiger partial charge in [0.15, 0.2) is 5.13 Å². The van der Waals surface area contributed by atoms with Gasteiger partial charge in [-0.2, -0.15) is 0 Å². The third-order valence-corrected chi connectivity index (χ3v) is 7.32. The average molecular weight is 545 g/mol. The van der Waals surface area contributed by atoms with Crippen molar-refractivity contribution < 1.29 is 28.9 Å². The molecule has 4 aromatic rings. The van der Waals surface area contributed by atoms with Gasteiger partial charge in [0.1, 0.15) is 23.0 Å². The molecule has 0 spiro atoms. The summed E-state index contributed by atoms with van der Waals surface area (Å²) in [5, 5.41) is 11.8. The number of benzene rings is 3. The number of amides is 1. The van der Waals surface area contributed by atoms with Gasteiger partial charge in [0.2, 0.25) is 0 Å². The van der Waals surface area contributed by atoms with E-state index in [1.165, 1.54) is 16.2 Å². The molecule has 1 aliphatic heterocycles. The van der Waals surface area contributed by atoms with Crippen LogP contribution in [0.4, 0.5) is 5.13 Å². The fourth-order valence-corrected chi connectivity index (χ4v) is 5.54. The minimum Gasteiger partial charge on any atom is -0.507 e. The number of methoxy groups -OCH3 is 1. The normalized spacial score (nSPS) is 16.6. The molecule has 0 aliphatic carbocycles. The highest BCUT2D eigenvalue weighted by Gasteiger charge is 2.48. The molecule has 8 nitrogen and oxygen atoms in total. The number of aromatic nitrogens is 1. The van der Waals surface area contributed by atoms with Crippen LogP contribution in [-0.4, -0.2) is 42.1 Å². The van der Waals surface area contributed by atoms with Gasteiger partial charge in [-0.05, 0) is 61.4 Å². The van der Waals surface area contributed by atoms with Gasteiger partial charge in [0.05, 0.1) is 42.2 Å². The maximum Gasteiger partial charge on any atom is 0.301 e. The molecule has 0 radical (unpaired) electrons. The molecule has 1 saturated heterocycles. The second kappa shape index (κ2) is 11.2. The van der Waals surface area contributed by atoms with Crippen LogP contribution in [0.15, 0.2) is 72.3 Å². The molecule has 39 heavy (non-hydrogen) atoms. The Hall–Kier alpha value is -4.37. The first-order valence-electron chi connectivity index (χ1n) is 12.7. The number of ketones is 1. The van der Waals surface area contributed by atoms with Gasteiger partial charge in [-0.1, -0.05) is 42.5 Å². The third kappa shape index (κ3) is 5.05. The van der Waals surface area contributed by atoms with Crippen LogP contribution in [0, 0.1) is 0 Å². The van der Waals surface area contributed by atoms with E-state index in [0.717, 1.165) is 11.1 Å². The van der Waals surface area contributed by atoms with Crippen molar-refractivity contribution >= 4 is 44.1 Å². The van der Waals surface area contributed by atoms with Crippen molar-refractivity contribution in [1.82, 2.24) is 4.98 Å². The Morgan fingerprint density at radius 2 is 1.74 bits per heavy atom. The molecule has 2 heterocycles. The molecule has 3 aromatic carbocycles. The molecule has 1 N–H and O–H groups in total. The maximum atomic E-state index is 13.6. The molecule has 1 atom stereocenters. The molecular weight excluding hydrogens is 516 g/mol. The molecule has 200 valence electrons. The van der Waals surface area contributed by atoms with Gasteiger partial charge < -0.3 is 19.3 Å². The number of nitrogens with zero attached hydrogens (tertiary/aromatic N) is 2. The molecular formula is C30H28N2O6S. The van der Waals surface area contributed by atoms with Gasteiger partial charge >= 0.3 is 5.91 Å². The first-order valence-corrected chi connectivity index (χ1v) is 13.5. The summed E-state index contributed by atoms with van der Waals surface area (Å²) in [7, 11) is 1.54. The molecule has 5 rings (SSSR count). The van der Waals surface area contributed by atoms with Crippen LogP contribution in [0.25, 0.3) is 16.0 Å². The first-order chi connectivity index (χ1) is 18.9. The number of rotatable bonds is 9. The fourth-order valence-electron chi connectivity index (χ4n) is 4.52. The first kappa shape index (κ1) is 26.2. The Labute approximate surface area is 230 Å². The second-order valence-corrected chi connectivity index (χ2v) is 9.89. The molecule has 1 unspecified atom stereocenters. The predicted molar refractivity (Wildman–Crippen MR) is 151 cm³/mol. The summed E-state index contributed by atoms with van der Waals surface area (Å²) >= 11 is 1.28. The molecule has 1 fully saturated rings. The number of hydrogen-bond acceptors (Lipinski definition) is 8. The Morgan fingerprint density at radius 3 is 2.51 bits per heavy atom. The van der Waals surface area contributed by atoms with Crippen LogP contribution in [0.5, 0.6) is 17.2 Å². The number of carbonyl (C=O) groups excluding carboxylic acids is 2. The number of carbonyl (C=O) groups is 2. The van der Waals surface area contributed by atoms with Gasteiger partial charge in [-0.25, -0.2) is 4.98 Å². The van der Waals surface area contributed by atoms with Crippen LogP contribution in [0.2, 0.25) is 0 Å². The quantitative estimate of drug-likeness (QED) is 0.154. The summed E-state index contributed by atoms with van der Waals surface area (Å²) in [5.74, 6) is -0.0496. The molecule has 1 amide bonds. The van der Waals surface area contributed by atoms with Crippen LogP contribution in [0.1, 0.15) is 37.4 Å². The zero-order valence-corrected chi connectivity index (χ0v) is 22.7. The van der Waals surface area contributed by atoms with Gasteiger partial charge in [-0.15, -0.1) is 0 Å². The Bertz CT molecular complexity index is 1580. The van der Waals surface area contributed by atoms with Crippen molar-refractivity contribution in [3.8, 4) is 17.2 Å². The van der Waals surface area contributed by atoms with Crippen molar-refractivity contribution in [3.05, 3.63) is 83.4 Å². The number of ether oxygens (including phenoxy) is 3. The van der Waals surface area contributed by atoms with Crippen molar-refractivity contribution in [2.75, 3.05) is 25.2 Å². The maximum absolute atomic E-state index is 13.6. The lowest BCUT2D eigenvalue weighted by atomic mass is 9.95. The highest BCUT2D eigenvalue weighted by molar-refractivity contribution is 7.22. The van der Waals surface area contributed by atoms with E-state index >= 15 is 0 Å². The fraction of sp³-hybridized carbons (Fsp3) is 0.233. The van der Waals surface area contributed by atoms with Crippen molar-refractivity contribution in [2.24, 2.45) is 0 Å². The lowest BCUT2D eigenvalue weighted by Gasteiger charge is -2.23. The number of thiazole rings is 1. The Balaban J connectivity index is 1.67. The summed E-state index contributed by atoms with van der Waals surface area (Å²) < 4.78 is 17.6. The minimum absolute atomic E-state index is 0.0323. The lowest BCUT2D eigenvalue weighted by Crippen LogP contribution is -2.29. The SMILES string of the molecule is CCCOc1cccc(/C(O)=C2\C(=O)C(=O)N(c3nc4ccc(OCC)cc4s3)C2c2cccc(OC)c2)c1. The van der Waals surface area contributed by atoms with Crippen molar-refractivity contribution in [2.45, 2.75) is 26.3 Å². The number of hydrogen-bond donors (Lipinski definition) is 1. The molecule has 0 bridgehead atoms. The highest BCUT2D eigenvalue weighted by atomic mass is 32.1. The smallest absolute Gasteiger partial charge is 0.301 e. The highest BCUT2D eigenvalue weighted by Crippen LogP contribution is 2.45. The van der Waals surface area contributed by atoms with E-state index in [0.29, 0.717) is 52.2 Å². The number of Topliss-reactive ketones (excluding diaryl/α,β-unsaturated/α-hetero) is 1. The summed E-state index contributed by atoms with van der Waals surface area (Å²) in [4.78, 5) is 33.1. The van der Waals surface area contributed by atoms with E-state index < -0.39 is 17.7 Å². The van der Waals surface area contributed by atoms with E-state index in [1.54, 1.807) is 55.6 Å². The monoisotopic (exact) mass is 544 g/mol. The average Bonchev–Trinajstić information content (AvgIpc) is 3.49. The van der Waals surface area contributed by atoms with Gasteiger partial charge in [-0.3, -0.25) is 14.5 Å². The van der Waals surface area contributed by atoms with Gasteiger partial charge in [0, 0.05) is 5.56 Å². The number of anilines is 1. The van der Waals surface area contributed by atoms with E-state index in [9.17, 15) is 14.7 Å². The van der Waals surface area contributed by atoms with E-state index in [1.807, 2.05) is 32.0 Å². The van der Waals surface area contributed by atoms with E-state index in [-0.39, 0.29) is 11.3 Å². The molecule has 0 saturated carbocycles. The van der Waals surface area contributed by atoms with E-state index in [4.69, 9.17) is 14.2 Å². The number of aliphatic hydroxyl groups excluding tert-OH is 1. The minimum atomic E-state index is -0.924. The Kier molecular flexibility index (Phi) is 7.51. The second-order valence-electron chi connectivity index (χ2n) is 8.88. The van der Waals surface area contributed by atoms with Crippen LogP contribution >= 0.6 is 11.3 Å². The Morgan fingerprint density at radius 1 is 0.974 bits per heavy atom. The molecule has 1 aliphatic rings. The zero-order valence-electron chi connectivity index (χ0n) is 21.8. The summed E-state index contributed by atoms with van der Waals surface area (Å²) in [6.45, 7) is 4.94. The number of fused-ring (bicyclic) bond motifs is 1. The largest absolute Gasteiger partial charge is 0.507 e. The van der Waals surface area contributed by atoms with Crippen molar-refractivity contribution in [3.63, 3.8) is 0 Å². The van der Waals surface area contributed by atoms with Crippen LogP contribution in [0.3, 0.4) is 0 Å². The lowest BCUT2D eigenvalue weighted by molar-refractivity contribution is -0.132. The summed E-state index contributed by atoms with van der Waals surface area (Å²) in [6, 6.07) is 18.5. The number of aliphatic hydroxyl groups is 1. The van der Waals surface area contributed by atoms with Gasteiger partial charge in [0.25, 0.3) is 5.78 Å². The third-order valence-electron chi connectivity index (χ3n) is 6.30. The topological polar surface area (TPSA) is 98.2 Å².